The molecule has 0 saturated carbocycles. The summed E-state index contributed by atoms with van der Waals surface area (Å²) in [6, 6.07) is 9.77. The maximum Gasteiger partial charge on any atom is 0.321 e. The van der Waals surface area contributed by atoms with Crippen molar-refractivity contribution in [3.8, 4) is 10.4 Å². The van der Waals surface area contributed by atoms with Crippen molar-refractivity contribution in [2.45, 2.75) is 6.42 Å². The van der Waals surface area contributed by atoms with Crippen LogP contribution in [0.2, 0.25) is 0 Å². The Hall–Kier alpha value is -1.96. The van der Waals surface area contributed by atoms with E-state index in [1.54, 1.807) is 13.3 Å². The summed E-state index contributed by atoms with van der Waals surface area (Å²) in [5, 5.41) is 6.22. The van der Waals surface area contributed by atoms with Gasteiger partial charge >= 0.3 is 6.03 Å². The van der Waals surface area contributed by atoms with Crippen LogP contribution >= 0.6 is 11.3 Å². The van der Waals surface area contributed by atoms with Crippen molar-refractivity contribution in [1.29, 1.82) is 0 Å². The number of carbonyl (C=O) groups is 1. The fourth-order valence-corrected chi connectivity index (χ4v) is 2.98. The maximum absolute atomic E-state index is 11.9. The summed E-state index contributed by atoms with van der Waals surface area (Å²) in [5.41, 5.74) is 1.10. The standard InChI is InChI=1S/C17H24N4O2S/c1-21(10-6-12-23-2)11-9-18-16(22)20-17-19-13-15(24-17)14-7-4-3-5-8-14/h3-5,7-8,13H,6,9-12H2,1-2H3,(H2,18,19,20,22). The quantitative estimate of drug-likeness (QED) is 0.684. The Morgan fingerprint density at radius 1 is 1.29 bits per heavy atom. The lowest BCUT2D eigenvalue weighted by Crippen LogP contribution is -2.36. The molecule has 7 heteroatoms. The number of rotatable bonds is 9. The van der Waals surface area contributed by atoms with E-state index in [0.29, 0.717) is 11.7 Å². The molecule has 0 bridgehead atoms. The molecule has 0 atom stereocenters. The molecule has 24 heavy (non-hydrogen) atoms. The van der Waals surface area contributed by atoms with Gasteiger partial charge in [-0.15, -0.1) is 0 Å². The molecular weight excluding hydrogens is 324 g/mol. The molecule has 0 fully saturated rings. The SMILES string of the molecule is COCCCN(C)CCNC(=O)Nc1ncc(-c2ccccc2)s1. The lowest BCUT2D eigenvalue weighted by molar-refractivity contribution is 0.179. The zero-order chi connectivity index (χ0) is 17.2. The summed E-state index contributed by atoms with van der Waals surface area (Å²) in [6.45, 7) is 3.09. The molecule has 0 aliphatic rings. The highest BCUT2D eigenvalue weighted by atomic mass is 32.1. The monoisotopic (exact) mass is 348 g/mol. The highest BCUT2D eigenvalue weighted by Crippen LogP contribution is 2.28. The molecule has 0 unspecified atom stereocenters. The Morgan fingerprint density at radius 2 is 2.08 bits per heavy atom. The molecule has 2 aromatic rings. The minimum absolute atomic E-state index is 0.228. The van der Waals surface area contributed by atoms with Gasteiger partial charge < -0.3 is 15.0 Å². The number of likely N-dealkylation sites (N-methyl/N-ethyl adjacent to an activating group) is 1. The number of ether oxygens (including phenoxy) is 1. The minimum Gasteiger partial charge on any atom is -0.385 e. The number of methoxy groups -OCH3 is 1. The van der Waals surface area contributed by atoms with Gasteiger partial charge in [0.1, 0.15) is 0 Å². The Balaban J connectivity index is 1.70. The Bertz CT molecular complexity index is 618. The van der Waals surface area contributed by atoms with Crippen LogP contribution in [0.3, 0.4) is 0 Å². The van der Waals surface area contributed by atoms with Gasteiger partial charge in [-0.1, -0.05) is 41.7 Å². The third kappa shape index (κ3) is 6.27. The first-order chi connectivity index (χ1) is 11.7. The molecule has 6 nitrogen and oxygen atoms in total. The Kier molecular flexibility index (Phi) is 7.67. The van der Waals surface area contributed by atoms with Gasteiger partial charge in [0.2, 0.25) is 0 Å². The van der Waals surface area contributed by atoms with Crippen molar-refractivity contribution >= 4 is 22.5 Å². The second kappa shape index (κ2) is 10.0. The summed E-state index contributed by atoms with van der Waals surface area (Å²) in [4.78, 5) is 19.3. The maximum atomic E-state index is 11.9. The smallest absolute Gasteiger partial charge is 0.321 e. The first-order valence-electron chi connectivity index (χ1n) is 7.92. The van der Waals surface area contributed by atoms with E-state index in [9.17, 15) is 4.79 Å². The number of carbonyl (C=O) groups excluding carboxylic acids is 1. The van der Waals surface area contributed by atoms with Crippen LogP contribution in [0.4, 0.5) is 9.93 Å². The van der Waals surface area contributed by atoms with Crippen LogP contribution in [0, 0.1) is 0 Å². The zero-order valence-corrected chi connectivity index (χ0v) is 14.9. The molecule has 1 heterocycles. The van der Waals surface area contributed by atoms with Crippen molar-refractivity contribution in [1.82, 2.24) is 15.2 Å². The topological polar surface area (TPSA) is 66.5 Å². The molecule has 2 rings (SSSR count). The number of aromatic nitrogens is 1. The number of hydrogen-bond acceptors (Lipinski definition) is 5. The first-order valence-corrected chi connectivity index (χ1v) is 8.74. The molecule has 1 aromatic carbocycles. The Morgan fingerprint density at radius 3 is 2.83 bits per heavy atom. The summed E-state index contributed by atoms with van der Waals surface area (Å²) in [5.74, 6) is 0. The van der Waals surface area contributed by atoms with Crippen LogP contribution < -0.4 is 10.6 Å². The van der Waals surface area contributed by atoms with Crippen LogP contribution in [0.15, 0.2) is 36.5 Å². The summed E-state index contributed by atoms with van der Waals surface area (Å²) >= 11 is 1.46. The van der Waals surface area contributed by atoms with Gasteiger partial charge in [0.15, 0.2) is 5.13 Å². The number of amides is 2. The van der Waals surface area contributed by atoms with E-state index in [1.165, 1.54) is 11.3 Å². The van der Waals surface area contributed by atoms with Gasteiger partial charge in [0.25, 0.3) is 0 Å². The lowest BCUT2D eigenvalue weighted by Gasteiger charge is -2.16. The van der Waals surface area contributed by atoms with Crippen LogP contribution in [0.1, 0.15) is 6.42 Å². The molecule has 0 saturated heterocycles. The largest absolute Gasteiger partial charge is 0.385 e. The normalized spacial score (nSPS) is 10.8. The van der Waals surface area contributed by atoms with Gasteiger partial charge in [-0.25, -0.2) is 9.78 Å². The number of benzene rings is 1. The van der Waals surface area contributed by atoms with E-state index in [2.05, 4.69) is 20.5 Å². The number of nitrogens with one attached hydrogen (secondary N) is 2. The highest BCUT2D eigenvalue weighted by Gasteiger charge is 2.07. The number of anilines is 1. The van der Waals surface area contributed by atoms with Gasteiger partial charge in [-0.3, -0.25) is 5.32 Å². The average Bonchev–Trinajstić information content (AvgIpc) is 3.04. The molecule has 0 aliphatic heterocycles. The van der Waals surface area contributed by atoms with Crippen molar-refractivity contribution in [2.75, 3.05) is 45.7 Å². The van der Waals surface area contributed by atoms with Crippen LogP contribution in [-0.4, -0.2) is 56.3 Å². The van der Waals surface area contributed by atoms with Gasteiger partial charge in [-0.2, -0.15) is 0 Å². The Labute approximate surface area is 146 Å². The molecule has 0 aliphatic carbocycles. The molecule has 0 spiro atoms. The molecule has 2 N–H and O–H groups in total. The van der Waals surface area contributed by atoms with E-state index in [-0.39, 0.29) is 6.03 Å². The lowest BCUT2D eigenvalue weighted by atomic mass is 10.2. The fraction of sp³-hybridized carbons (Fsp3) is 0.412. The predicted octanol–water partition coefficient (Wildman–Crippen LogP) is 2.90. The third-order valence-corrected chi connectivity index (χ3v) is 4.41. The highest BCUT2D eigenvalue weighted by molar-refractivity contribution is 7.19. The third-order valence-electron chi connectivity index (χ3n) is 3.45. The fourth-order valence-electron chi connectivity index (χ4n) is 2.16. The van der Waals surface area contributed by atoms with Gasteiger partial charge in [0.05, 0.1) is 4.88 Å². The number of thiazole rings is 1. The van der Waals surface area contributed by atoms with E-state index < -0.39 is 0 Å². The molecule has 0 radical (unpaired) electrons. The van der Waals surface area contributed by atoms with Crippen LogP contribution in [0.25, 0.3) is 10.4 Å². The molecular formula is C17H24N4O2S. The predicted molar refractivity (Wildman–Crippen MR) is 98.6 cm³/mol. The zero-order valence-electron chi connectivity index (χ0n) is 14.1. The van der Waals surface area contributed by atoms with E-state index in [4.69, 9.17) is 4.74 Å². The van der Waals surface area contributed by atoms with E-state index in [0.717, 1.165) is 36.6 Å². The van der Waals surface area contributed by atoms with Crippen LogP contribution in [-0.2, 0) is 4.74 Å². The first kappa shape index (κ1) is 18.4. The van der Waals surface area contributed by atoms with Gasteiger partial charge in [0, 0.05) is 39.5 Å². The summed E-state index contributed by atoms with van der Waals surface area (Å²) in [7, 11) is 3.73. The average molecular weight is 348 g/mol. The van der Waals surface area contributed by atoms with Crippen LogP contribution in [0.5, 0.6) is 0 Å². The van der Waals surface area contributed by atoms with Crippen molar-refractivity contribution in [3.05, 3.63) is 36.5 Å². The van der Waals surface area contributed by atoms with Crippen molar-refractivity contribution in [2.24, 2.45) is 0 Å². The van der Waals surface area contributed by atoms with Gasteiger partial charge in [-0.05, 0) is 19.0 Å². The molecule has 1 aromatic heterocycles. The molecule has 2 amide bonds. The second-order valence-electron chi connectivity index (χ2n) is 5.43. The minimum atomic E-state index is -0.228. The van der Waals surface area contributed by atoms with Crippen molar-refractivity contribution in [3.63, 3.8) is 0 Å². The summed E-state index contributed by atoms with van der Waals surface area (Å²) < 4.78 is 5.02. The second-order valence-corrected chi connectivity index (χ2v) is 6.46. The molecule has 130 valence electrons. The summed E-state index contributed by atoms with van der Waals surface area (Å²) in [6.07, 6.45) is 2.76. The van der Waals surface area contributed by atoms with E-state index in [1.807, 2.05) is 37.4 Å². The number of nitrogens with zero attached hydrogens (tertiary/aromatic N) is 2. The van der Waals surface area contributed by atoms with E-state index >= 15 is 0 Å². The number of hydrogen-bond donors (Lipinski definition) is 2. The van der Waals surface area contributed by atoms with Crippen molar-refractivity contribution < 1.29 is 9.53 Å². The number of urea groups is 1.